The van der Waals surface area contributed by atoms with Gasteiger partial charge in [0.1, 0.15) is 12.2 Å². The Kier molecular flexibility index (Phi) is 2.59. The molecule has 2 heterocycles. The van der Waals surface area contributed by atoms with Gasteiger partial charge in [0.15, 0.2) is 0 Å². The van der Waals surface area contributed by atoms with Gasteiger partial charge in [0.25, 0.3) is 0 Å². The highest BCUT2D eigenvalue weighted by molar-refractivity contribution is 4.83. The van der Waals surface area contributed by atoms with E-state index in [1.54, 1.807) is 0 Å². The maximum Gasteiger partial charge on any atom is 0.150 e. The quantitative estimate of drug-likeness (QED) is 0.731. The van der Waals surface area contributed by atoms with Crippen molar-refractivity contribution < 1.29 is 0 Å². The summed E-state index contributed by atoms with van der Waals surface area (Å²) in [5.41, 5.74) is 0. The Hall–Kier alpha value is -0.900. The number of hydrogen-bond acceptors (Lipinski definition) is 3. The molecule has 0 radical (unpaired) electrons. The summed E-state index contributed by atoms with van der Waals surface area (Å²) >= 11 is 0. The fourth-order valence-corrected chi connectivity index (χ4v) is 1.72. The Morgan fingerprint density at radius 2 is 2.31 bits per heavy atom. The minimum atomic E-state index is 0.564. The minimum Gasteiger partial charge on any atom is -0.317 e. The van der Waals surface area contributed by atoms with Crippen LogP contribution in [-0.4, -0.2) is 27.9 Å². The van der Waals surface area contributed by atoms with Crippen molar-refractivity contribution in [1.82, 2.24) is 20.1 Å². The smallest absolute Gasteiger partial charge is 0.150 e. The Labute approximate surface area is 78.4 Å². The molecule has 0 aliphatic carbocycles. The molecule has 2 rings (SSSR count). The molecule has 0 unspecified atom stereocenters. The second kappa shape index (κ2) is 3.87. The second-order valence-corrected chi connectivity index (χ2v) is 3.48. The molecular formula is C9H16N4. The third-order valence-corrected chi connectivity index (χ3v) is 2.55. The summed E-state index contributed by atoms with van der Waals surface area (Å²) in [7, 11) is 0. The Bertz CT molecular complexity index is 262. The highest BCUT2D eigenvalue weighted by Gasteiger charge is 2.15. The van der Waals surface area contributed by atoms with E-state index in [-0.39, 0.29) is 0 Å². The molecule has 13 heavy (non-hydrogen) atoms. The Morgan fingerprint density at radius 3 is 2.92 bits per heavy atom. The van der Waals surface area contributed by atoms with Gasteiger partial charge in [-0.2, -0.15) is 5.10 Å². The SMILES string of the molecule is CCc1ncn(C2CCNCC2)n1. The number of nitrogens with zero attached hydrogens (tertiary/aromatic N) is 3. The van der Waals surface area contributed by atoms with E-state index in [0.29, 0.717) is 6.04 Å². The van der Waals surface area contributed by atoms with Crippen LogP contribution in [0.4, 0.5) is 0 Å². The predicted molar refractivity (Wildman–Crippen MR) is 50.5 cm³/mol. The number of hydrogen-bond donors (Lipinski definition) is 1. The highest BCUT2D eigenvalue weighted by Crippen LogP contribution is 2.16. The van der Waals surface area contributed by atoms with Crippen LogP contribution in [0, 0.1) is 0 Å². The molecule has 1 aliphatic heterocycles. The zero-order chi connectivity index (χ0) is 9.10. The summed E-state index contributed by atoms with van der Waals surface area (Å²) in [5.74, 6) is 0.957. The van der Waals surface area contributed by atoms with Gasteiger partial charge < -0.3 is 5.32 Å². The molecule has 1 aromatic rings. The lowest BCUT2D eigenvalue weighted by molar-refractivity contribution is 0.341. The van der Waals surface area contributed by atoms with Crippen molar-refractivity contribution in [3.8, 4) is 0 Å². The second-order valence-electron chi connectivity index (χ2n) is 3.48. The van der Waals surface area contributed by atoms with Gasteiger partial charge in [-0.25, -0.2) is 9.67 Å². The summed E-state index contributed by atoms with van der Waals surface area (Å²) in [6.45, 7) is 4.29. The van der Waals surface area contributed by atoms with Crippen LogP contribution < -0.4 is 5.32 Å². The summed E-state index contributed by atoms with van der Waals surface area (Å²) in [6, 6.07) is 0.564. The van der Waals surface area contributed by atoms with Crippen molar-refractivity contribution in [2.75, 3.05) is 13.1 Å². The molecule has 0 saturated carbocycles. The van der Waals surface area contributed by atoms with Crippen LogP contribution in [0.2, 0.25) is 0 Å². The van der Waals surface area contributed by atoms with Crippen LogP contribution in [0.15, 0.2) is 6.33 Å². The molecule has 4 nitrogen and oxygen atoms in total. The molecule has 1 fully saturated rings. The van der Waals surface area contributed by atoms with Crippen LogP contribution in [-0.2, 0) is 6.42 Å². The van der Waals surface area contributed by atoms with E-state index in [4.69, 9.17) is 0 Å². The van der Waals surface area contributed by atoms with E-state index in [9.17, 15) is 0 Å². The van der Waals surface area contributed by atoms with E-state index in [1.807, 2.05) is 11.0 Å². The number of rotatable bonds is 2. The molecule has 0 atom stereocenters. The van der Waals surface area contributed by atoms with Crippen molar-refractivity contribution >= 4 is 0 Å². The third kappa shape index (κ3) is 1.88. The zero-order valence-corrected chi connectivity index (χ0v) is 8.03. The summed E-state index contributed by atoms with van der Waals surface area (Å²) in [4.78, 5) is 4.24. The Morgan fingerprint density at radius 1 is 1.54 bits per heavy atom. The first-order valence-electron chi connectivity index (χ1n) is 5.01. The predicted octanol–water partition coefficient (Wildman–Crippen LogP) is 0.765. The van der Waals surface area contributed by atoms with Crippen LogP contribution in [0.1, 0.15) is 31.6 Å². The van der Waals surface area contributed by atoms with Crippen LogP contribution in [0.25, 0.3) is 0 Å². The molecule has 1 aromatic heterocycles. The molecule has 0 amide bonds. The lowest BCUT2D eigenvalue weighted by Crippen LogP contribution is -2.29. The van der Waals surface area contributed by atoms with Crippen molar-refractivity contribution in [1.29, 1.82) is 0 Å². The summed E-state index contributed by atoms with van der Waals surface area (Å²) < 4.78 is 2.03. The number of piperidine rings is 1. The van der Waals surface area contributed by atoms with Gasteiger partial charge >= 0.3 is 0 Å². The van der Waals surface area contributed by atoms with E-state index in [0.717, 1.165) is 25.3 Å². The van der Waals surface area contributed by atoms with Crippen LogP contribution in [0.5, 0.6) is 0 Å². The van der Waals surface area contributed by atoms with Gasteiger partial charge in [0.05, 0.1) is 6.04 Å². The van der Waals surface area contributed by atoms with E-state index in [1.165, 1.54) is 12.8 Å². The monoisotopic (exact) mass is 180 g/mol. The molecule has 0 aromatic carbocycles. The standard InChI is InChI=1S/C9H16N4/c1-2-9-11-7-13(12-9)8-3-5-10-6-4-8/h7-8,10H,2-6H2,1H3. The number of nitrogens with one attached hydrogen (secondary N) is 1. The Balaban J connectivity index is 2.05. The minimum absolute atomic E-state index is 0.564. The van der Waals surface area contributed by atoms with E-state index >= 15 is 0 Å². The molecule has 72 valence electrons. The molecule has 4 heteroatoms. The van der Waals surface area contributed by atoms with Crippen LogP contribution in [0.3, 0.4) is 0 Å². The van der Waals surface area contributed by atoms with Gasteiger partial charge in [0.2, 0.25) is 0 Å². The van der Waals surface area contributed by atoms with Gasteiger partial charge in [-0.05, 0) is 25.9 Å². The van der Waals surface area contributed by atoms with E-state index < -0.39 is 0 Å². The van der Waals surface area contributed by atoms with Gasteiger partial charge in [-0.1, -0.05) is 6.92 Å². The molecule has 0 spiro atoms. The average Bonchev–Trinajstić information content (AvgIpc) is 2.67. The van der Waals surface area contributed by atoms with Gasteiger partial charge in [-0.3, -0.25) is 0 Å². The van der Waals surface area contributed by atoms with Crippen molar-refractivity contribution in [2.24, 2.45) is 0 Å². The topological polar surface area (TPSA) is 42.7 Å². The van der Waals surface area contributed by atoms with Crippen molar-refractivity contribution in [3.63, 3.8) is 0 Å². The molecule has 0 bridgehead atoms. The van der Waals surface area contributed by atoms with Crippen molar-refractivity contribution in [2.45, 2.75) is 32.2 Å². The first kappa shape index (κ1) is 8.69. The normalized spacial score (nSPS) is 19.2. The number of aromatic nitrogens is 3. The lowest BCUT2D eigenvalue weighted by Gasteiger charge is -2.22. The lowest BCUT2D eigenvalue weighted by atomic mass is 10.1. The first-order valence-corrected chi connectivity index (χ1v) is 5.01. The zero-order valence-electron chi connectivity index (χ0n) is 8.03. The average molecular weight is 180 g/mol. The number of aryl methyl sites for hydroxylation is 1. The molecule has 1 saturated heterocycles. The maximum atomic E-state index is 4.43. The van der Waals surface area contributed by atoms with Crippen LogP contribution >= 0.6 is 0 Å². The van der Waals surface area contributed by atoms with Gasteiger partial charge in [0, 0.05) is 6.42 Å². The highest BCUT2D eigenvalue weighted by atomic mass is 15.3. The summed E-state index contributed by atoms with van der Waals surface area (Å²) in [5, 5.41) is 7.77. The van der Waals surface area contributed by atoms with E-state index in [2.05, 4.69) is 22.3 Å². The van der Waals surface area contributed by atoms with Crippen molar-refractivity contribution in [3.05, 3.63) is 12.2 Å². The molecule has 1 N–H and O–H groups in total. The first-order chi connectivity index (χ1) is 6.40. The fraction of sp³-hybridized carbons (Fsp3) is 0.778. The summed E-state index contributed by atoms with van der Waals surface area (Å²) in [6.07, 6.45) is 5.14. The largest absolute Gasteiger partial charge is 0.317 e. The fourth-order valence-electron chi connectivity index (χ4n) is 1.72. The molecular weight excluding hydrogens is 164 g/mol. The maximum absolute atomic E-state index is 4.43. The van der Waals surface area contributed by atoms with Gasteiger partial charge in [-0.15, -0.1) is 0 Å². The molecule has 1 aliphatic rings. The third-order valence-electron chi connectivity index (χ3n) is 2.55.